The second kappa shape index (κ2) is 5.89. The lowest BCUT2D eigenvalue weighted by atomic mass is 10.2. The first-order valence-corrected chi connectivity index (χ1v) is 7.99. The average Bonchev–Trinajstić information content (AvgIpc) is 2.68. The number of aryl methyl sites for hydroxylation is 1. The molecule has 18 heavy (non-hydrogen) atoms. The Hall–Kier alpha value is -0.810. The Morgan fingerprint density at radius 3 is 2.83 bits per heavy atom. The highest BCUT2D eigenvalue weighted by Gasteiger charge is 2.10. The molecule has 0 saturated heterocycles. The minimum Gasteiger partial charge on any atom is -0.357 e. The molecule has 0 saturated carbocycles. The van der Waals surface area contributed by atoms with E-state index in [2.05, 4.69) is 42.1 Å². The summed E-state index contributed by atoms with van der Waals surface area (Å²) in [7, 11) is 1.87. The molecule has 0 radical (unpaired) electrons. The van der Waals surface area contributed by atoms with Crippen LogP contribution in [0.3, 0.4) is 0 Å². The summed E-state index contributed by atoms with van der Waals surface area (Å²) in [6, 6.07) is 2.19. The van der Waals surface area contributed by atoms with Gasteiger partial charge in [0, 0.05) is 17.3 Å². The van der Waals surface area contributed by atoms with E-state index in [1.165, 1.54) is 16.7 Å². The zero-order valence-corrected chi connectivity index (χ0v) is 12.9. The number of aromatic nitrogens is 2. The van der Waals surface area contributed by atoms with Gasteiger partial charge in [0.1, 0.15) is 9.86 Å². The maximum atomic E-state index is 4.58. The Balaban J connectivity index is 2.28. The third-order valence-corrected chi connectivity index (χ3v) is 4.61. The number of hydrogen-bond acceptors (Lipinski definition) is 5. The van der Waals surface area contributed by atoms with Crippen LogP contribution >= 0.6 is 23.1 Å². The molecular formula is C13H19N3S2. The minimum absolute atomic E-state index is 0.719. The maximum Gasteiger partial charge on any atom is 0.224 e. The molecule has 3 nitrogen and oxygen atoms in total. The number of thiophene rings is 1. The summed E-state index contributed by atoms with van der Waals surface area (Å²) >= 11 is 3.57. The SMILES string of the molecule is CNc1nc(SCCC(C)C)c2cc(C)sc2n1. The first kappa shape index (κ1) is 13.6. The molecule has 0 bridgehead atoms. The van der Waals surface area contributed by atoms with Crippen molar-refractivity contribution >= 4 is 39.3 Å². The third kappa shape index (κ3) is 3.14. The predicted octanol–water partition coefficient (Wildman–Crippen LogP) is 4.18. The third-order valence-electron chi connectivity index (χ3n) is 2.64. The molecule has 1 N–H and O–H groups in total. The van der Waals surface area contributed by atoms with Gasteiger partial charge in [-0.3, -0.25) is 0 Å². The largest absolute Gasteiger partial charge is 0.357 e. The zero-order valence-electron chi connectivity index (χ0n) is 11.3. The van der Waals surface area contributed by atoms with Crippen molar-refractivity contribution in [1.29, 1.82) is 0 Å². The molecule has 98 valence electrons. The van der Waals surface area contributed by atoms with Gasteiger partial charge in [0.2, 0.25) is 5.95 Å². The van der Waals surface area contributed by atoms with E-state index >= 15 is 0 Å². The molecule has 0 spiro atoms. The Bertz CT molecular complexity index is 534. The minimum atomic E-state index is 0.719. The highest BCUT2D eigenvalue weighted by molar-refractivity contribution is 7.99. The number of anilines is 1. The summed E-state index contributed by atoms with van der Waals surface area (Å²) in [5, 5.41) is 5.34. The molecular weight excluding hydrogens is 262 g/mol. The van der Waals surface area contributed by atoms with Crippen molar-refractivity contribution in [1.82, 2.24) is 9.97 Å². The van der Waals surface area contributed by atoms with Crippen LogP contribution in [-0.2, 0) is 0 Å². The van der Waals surface area contributed by atoms with Crippen LogP contribution in [-0.4, -0.2) is 22.8 Å². The lowest BCUT2D eigenvalue weighted by Crippen LogP contribution is -1.98. The highest BCUT2D eigenvalue weighted by Crippen LogP contribution is 2.32. The first-order chi connectivity index (χ1) is 8.60. The fraction of sp³-hybridized carbons (Fsp3) is 0.538. The number of rotatable bonds is 5. The number of thioether (sulfide) groups is 1. The van der Waals surface area contributed by atoms with E-state index in [4.69, 9.17) is 0 Å². The van der Waals surface area contributed by atoms with Gasteiger partial charge in [-0.25, -0.2) is 9.97 Å². The van der Waals surface area contributed by atoms with E-state index in [9.17, 15) is 0 Å². The number of fused-ring (bicyclic) bond motifs is 1. The van der Waals surface area contributed by atoms with E-state index in [0.29, 0.717) is 0 Å². The van der Waals surface area contributed by atoms with Crippen molar-refractivity contribution in [3.05, 3.63) is 10.9 Å². The van der Waals surface area contributed by atoms with Crippen LogP contribution < -0.4 is 5.32 Å². The molecule has 0 aliphatic heterocycles. The number of nitrogens with one attached hydrogen (secondary N) is 1. The molecule has 0 atom stereocenters. The van der Waals surface area contributed by atoms with Crippen LogP contribution in [0.4, 0.5) is 5.95 Å². The van der Waals surface area contributed by atoms with E-state index in [1.54, 1.807) is 11.3 Å². The zero-order chi connectivity index (χ0) is 13.1. The molecule has 2 aromatic heterocycles. The molecule has 2 rings (SSSR count). The summed E-state index contributed by atoms with van der Waals surface area (Å²) in [6.07, 6.45) is 1.22. The molecule has 0 aromatic carbocycles. The molecule has 0 aliphatic carbocycles. The maximum absolute atomic E-state index is 4.58. The monoisotopic (exact) mass is 281 g/mol. The van der Waals surface area contributed by atoms with Crippen LogP contribution in [0.25, 0.3) is 10.2 Å². The molecule has 2 heterocycles. The van der Waals surface area contributed by atoms with Crippen LogP contribution in [0.2, 0.25) is 0 Å². The number of hydrogen-bond donors (Lipinski definition) is 1. The van der Waals surface area contributed by atoms with E-state index in [-0.39, 0.29) is 0 Å². The van der Waals surface area contributed by atoms with Gasteiger partial charge < -0.3 is 5.32 Å². The van der Waals surface area contributed by atoms with Gasteiger partial charge in [0.15, 0.2) is 0 Å². The summed E-state index contributed by atoms with van der Waals surface area (Å²) in [5.74, 6) is 2.57. The lowest BCUT2D eigenvalue weighted by Gasteiger charge is -2.06. The van der Waals surface area contributed by atoms with Gasteiger partial charge in [-0.1, -0.05) is 13.8 Å². The molecule has 5 heteroatoms. The summed E-state index contributed by atoms with van der Waals surface area (Å²) in [6.45, 7) is 6.63. The second-order valence-corrected chi connectivity index (χ2v) is 7.03. The average molecular weight is 281 g/mol. The fourth-order valence-corrected chi connectivity index (χ4v) is 3.82. The summed E-state index contributed by atoms with van der Waals surface area (Å²) in [5.41, 5.74) is 0. The van der Waals surface area contributed by atoms with Crippen molar-refractivity contribution in [3.8, 4) is 0 Å². The van der Waals surface area contributed by atoms with Crippen molar-refractivity contribution in [2.24, 2.45) is 5.92 Å². The van der Waals surface area contributed by atoms with Crippen molar-refractivity contribution in [2.45, 2.75) is 32.2 Å². The van der Waals surface area contributed by atoms with Crippen LogP contribution in [0.5, 0.6) is 0 Å². The summed E-state index contributed by atoms with van der Waals surface area (Å²) < 4.78 is 0. The summed E-state index contributed by atoms with van der Waals surface area (Å²) in [4.78, 5) is 11.5. The standard InChI is InChI=1S/C13H19N3S2/c1-8(2)5-6-17-11-10-7-9(3)18-12(10)16-13(14-4)15-11/h7-8H,5-6H2,1-4H3,(H,14,15,16). The van der Waals surface area contributed by atoms with Gasteiger partial charge in [-0.15, -0.1) is 23.1 Å². The van der Waals surface area contributed by atoms with E-state index in [0.717, 1.165) is 27.5 Å². The van der Waals surface area contributed by atoms with Crippen LogP contribution in [0, 0.1) is 12.8 Å². The van der Waals surface area contributed by atoms with Crippen LogP contribution in [0.15, 0.2) is 11.1 Å². The predicted molar refractivity (Wildman–Crippen MR) is 81.9 cm³/mol. The first-order valence-electron chi connectivity index (χ1n) is 6.19. The van der Waals surface area contributed by atoms with Gasteiger partial charge in [-0.05, 0) is 31.1 Å². The van der Waals surface area contributed by atoms with Crippen LogP contribution in [0.1, 0.15) is 25.1 Å². The highest BCUT2D eigenvalue weighted by atomic mass is 32.2. The quantitative estimate of drug-likeness (QED) is 0.659. The Labute approximate surface area is 116 Å². The Morgan fingerprint density at radius 2 is 2.17 bits per heavy atom. The lowest BCUT2D eigenvalue weighted by molar-refractivity contribution is 0.632. The second-order valence-electron chi connectivity index (χ2n) is 4.71. The topological polar surface area (TPSA) is 37.8 Å². The van der Waals surface area contributed by atoms with Gasteiger partial charge in [-0.2, -0.15) is 0 Å². The van der Waals surface area contributed by atoms with Gasteiger partial charge in [0.05, 0.1) is 0 Å². The molecule has 0 unspecified atom stereocenters. The van der Waals surface area contributed by atoms with Crippen molar-refractivity contribution < 1.29 is 0 Å². The normalized spacial score (nSPS) is 11.4. The van der Waals surface area contributed by atoms with Gasteiger partial charge >= 0.3 is 0 Å². The molecule has 2 aromatic rings. The van der Waals surface area contributed by atoms with Crippen molar-refractivity contribution in [2.75, 3.05) is 18.1 Å². The Kier molecular flexibility index (Phi) is 4.45. The van der Waals surface area contributed by atoms with E-state index in [1.807, 2.05) is 18.8 Å². The molecule has 0 amide bonds. The smallest absolute Gasteiger partial charge is 0.224 e. The fourth-order valence-electron chi connectivity index (χ4n) is 1.63. The Morgan fingerprint density at radius 1 is 1.39 bits per heavy atom. The van der Waals surface area contributed by atoms with Crippen molar-refractivity contribution in [3.63, 3.8) is 0 Å². The molecule has 0 aliphatic rings. The van der Waals surface area contributed by atoms with E-state index < -0.39 is 0 Å². The number of nitrogens with zero attached hydrogens (tertiary/aromatic N) is 2. The van der Waals surface area contributed by atoms with Gasteiger partial charge in [0.25, 0.3) is 0 Å². The molecule has 0 fully saturated rings.